The fraction of sp³-hybridized carbons (Fsp3) is 0.455. The normalized spacial score (nSPS) is 15.0. The number of nitrogens with one attached hydrogen (secondary N) is 1. The molecule has 1 rings (SSSR count). The van der Waals surface area contributed by atoms with Crippen LogP contribution in [0.3, 0.4) is 0 Å². The summed E-state index contributed by atoms with van der Waals surface area (Å²) in [7, 11) is 0. The molecule has 2 nitrogen and oxygen atoms in total. The smallest absolute Gasteiger partial charge is 0.128 e. The summed E-state index contributed by atoms with van der Waals surface area (Å²) in [5.41, 5.74) is 5.77. The Hall–Kier alpha value is -1.00. The second-order valence-electron chi connectivity index (χ2n) is 3.69. The minimum Gasteiger partial charge on any atom is -0.329 e. The van der Waals surface area contributed by atoms with Gasteiger partial charge in [-0.1, -0.05) is 0 Å². The van der Waals surface area contributed by atoms with Crippen molar-refractivity contribution in [2.45, 2.75) is 25.9 Å². The minimum absolute atomic E-state index is 0.0719. The number of hydrogen-bond donors (Lipinski definition) is 2. The minimum atomic E-state index is -0.430. The molecule has 2 atom stereocenters. The van der Waals surface area contributed by atoms with Crippen molar-refractivity contribution < 1.29 is 8.78 Å². The van der Waals surface area contributed by atoms with E-state index in [1.54, 1.807) is 6.92 Å². The summed E-state index contributed by atoms with van der Waals surface area (Å²) in [5, 5.41) is 3.08. The van der Waals surface area contributed by atoms with Gasteiger partial charge in [-0.05, 0) is 32.0 Å². The first-order chi connectivity index (χ1) is 7.04. The highest BCUT2D eigenvalue weighted by Crippen LogP contribution is 2.18. The van der Waals surface area contributed by atoms with Crippen LogP contribution in [0.15, 0.2) is 18.2 Å². The molecule has 84 valence electrons. The molecule has 3 N–H and O–H groups in total. The summed E-state index contributed by atoms with van der Waals surface area (Å²) in [5.74, 6) is -0.832. The van der Waals surface area contributed by atoms with Gasteiger partial charge in [0, 0.05) is 24.2 Å². The zero-order valence-corrected chi connectivity index (χ0v) is 8.93. The van der Waals surface area contributed by atoms with Crippen LogP contribution >= 0.6 is 0 Å². The van der Waals surface area contributed by atoms with Crippen LogP contribution in [-0.2, 0) is 0 Å². The molecule has 0 spiro atoms. The van der Waals surface area contributed by atoms with Gasteiger partial charge >= 0.3 is 0 Å². The lowest BCUT2D eigenvalue weighted by Gasteiger charge is -2.19. The van der Waals surface area contributed by atoms with Gasteiger partial charge < -0.3 is 11.1 Å². The Morgan fingerprint density at radius 1 is 1.33 bits per heavy atom. The predicted octanol–water partition coefficient (Wildman–Crippen LogP) is 1.96. The molecule has 0 amide bonds. The van der Waals surface area contributed by atoms with Crippen LogP contribution in [0.5, 0.6) is 0 Å². The van der Waals surface area contributed by atoms with Crippen molar-refractivity contribution in [3.63, 3.8) is 0 Å². The maximum atomic E-state index is 13.3. The molecule has 0 aliphatic carbocycles. The van der Waals surface area contributed by atoms with Crippen LogP contribution < -0.4 is 11.1 Å². The summed E-state index contributed by atoms with van der Waals surface area (Å²) in [6.07, 6.45) is 0. The van der Waals surface area contributed by atoms with Crippen molar-refractivity contribution in [3.05, 3.63) is 35.4 Å². The van der Waals surface area contributed by atoms with Gasteiger partial charge in [0.2, 0.25) is 0 Å². The van der Waals surface area contributed by atoms with Crippen molar-refractivity contribution in [2.24, 2.45) is 5.73 Å². The third-order valence-electron chi connectivity index (χ3n) is 2.31. The lowest BCUT2D eigenvalue weighted by Crippen LogP contribution is -2.35. The standard InChI is InChI=1S/C11H16F2N2/c1-7(6-14)15-8(2)10-5-9(12)3-4-11(10)13/h3-5,7-8,15H,6,14H2,1-2H3. The van der Waals surface area contributed by atoms with Crippen molar-refractivity contribution >= 4 is 0 Å². The van der Waals surface area contributed by atoms with E-state index in [1.165, 1.54) is 6.07 Å². The molecule has 0 fully saturated rings. The molecule has 0 radical (unpaired) electrons. The molecule has 1 aromatic rings. The quantitative estimate of drug-likeness (QED) is 0.804. The topological polar surface area (TPSA) is 38.0 Å². The van der Waals surface area contributed by atoms with Crippen LogP contribution in [0.25, 0.3) is 0 Å². The molecule has 0 aromatic heterocycles. The Kier molecular flexibility index (Phi) is 4.17. The third kappa shape index (κ3) is 3.25. The van der Waals surface area contributed by atoms with E-state index < -0.39 is 11.6 Å². The van der Waals surface area contributed by atoms with Crippen LogP contribution in [0.4, 0.5) is 8.78 Å². The summed E-state index contributed by atoms with van der Waals surface area (Å²) in [6, 6.07) is 3.27. The summed E-state index contributed by atoms with van der Waals surface area (Å²) >= 11 is 0. The average Bonchev–Trinajstić information content (AvgIpc) is 2.21. The largest absolute Gasteiger partial charge is 0.329 e. The van der Waals surface area contributed by atoms with E-state index in [0.717, 1.165) is 12.1 Å². The maximum absolute atomic E-state index is 13.3. The van der Waals surface area contributed by atoms with Gasteiger partial charge in [-0.25, -0.2) is 8.78 Å². The summed E-state index contributed by atoms with van der Waals surface area (Å²) < 4.78 is 26.2. The fourth-order valence-electron chi connectivity index (χ4n) is 1.43. The number of rotatable bonds is 4. The van der Waals surface area contributed by atoms with Gasteiger partial charge in [-0.2, -0.15) is 0 Å². The van der Waals surface area contributed by atoms with E-state index in [-0.39, 0.29) is 12.1 Å². The second-order valence-corrected chi connectivity index (χ2v) is 3.69. The van der Waals surface area contributed by atoms with Crippen LogP contribution in [0.2, 0.25) is 0 Å². The highest BCUT2D eigenvalue weighted by Gasteiger charge is 2.13. The SMILES string of the molecule is CC(CN)NC(C)c1cc(F)ccc1F. The lowest BCUT2D eigenvalue weighted by atomic mass is 10.1. The number of halogens is 2. The zero-order chi connectivity index (χ0) is 11.4. The van der Waals surface area contributed by atoms with Crippen molar-refractivity contribution in [1.29, 1.82) is 0 Å². The highest BCUT2D eigenvalue weighted by molar-refractivity contribution is 5.21. The lowest BCUT2D eigenvalue weighted by molar-refractivity contribution is 0.464. The van der Waals surface area contributed by atoms with Gasteiger partial charge in [0.15, 0.2) is 0 Å². The van der Waals surface area contributed by atoms with E-state index in [9.17, 15) is 8.78 Å². The molecule has 0 heterocycles. The first-order valence-electron chi connectivity index (χ1n) is 4.95. The molecular weight excluding hydrogens is 198 g/mol. The molecule has 0 saturated heterocycles. The number of nitrogens with two attached hydrogens (primary N) is 1. The predicted molar refractivity (Wildman–Crippen MR) is 56.4 cm³/mol. The van der Waals surface area contributed by atoms with Crippen LogP contribution in [-0.4, -0.2) is 12.6 Å². The second kappa shape index (κ2) is 5.19. The summed E-state index contributed by atoms with van der Waals surface area (Å²) in [4.78, 5) is 0. The molecule has 0 bridgehead atoms. The molecule has 2 unspecified atom stereocenters. The Morgan fingerprint density at radius 2 is 2.00 bits per heavy atom. The molecular formula is C11H16F2N2. The van der Waals surface area contributed by atoms with Gasteiger partial charge in [0.05, 0.1) is 0 Å². The van der Waals surface area contributed by atoms with Gasteiger partial charge in [0.1, 0.15) is 11.6 Å². The first kappa shape index (κ1) is 12.1. The van der Waals surface area contributed by atoms with Gasteiger partial charge in [-0.15, -0.1) is 0 Å². The molecule has 15 heavy (non-hydrogen) atoms. The Balaban J connectivity index is 2.80. The number of benzene rings is 1. The van der Waals surface area contributed by atoms with E-state index in [4.69, 9.17) is 5.73 Å². The molecule has 0 aliphatic rings. The van der Waals surface area contributed by atoms with Crippen molar-refractivity contribution in [1.82, 2.24) is 5.32 Å². The van der Waals surface area contributed by atoms with E-state index >= 15 is 0 Å². The van der Waals surface area contributed by atoms with Gasteiger partial charge in [0.25, 0.3) is 0 Å². The molecule has 4 heteroatoms. The van der Waals surface area contributed by atoms with E-state index in [0.29, 0.717) is 12.1 Å². The molecule has 0 aliphatic heterocycles. The van der Waals surface area contributed by atoms with Crippen molar-refractivity contribution in [2.75, 3.05) is 6.54 Å². The zero-order valence-electron chi connectivity index (χ0n) is 8.93. The van der Waals surface area contributed by atoms with E-state index in [2.05, 4.69) is 5.32 Å². The Labute approximate surface area is 88.5 Å². The van der Waals surface area contributed by atoms with Crippen LogP contribution in [0, 0.1) is 11.6 Å². The van der Waals surface area contributed by atoms with E-state index in [1.807, 2.05) is 6.92 Å². The van der Waals surface area contributed by atoms with Crippen LogP contribution in [0.1, 0.15) is 25.5 Å². The highest BCUT2D eigenvalue weighted by atomic mass is 19.1. The first-order valence-corrected chi connectivity index (χ1v) is 4.95. The molecule has 1 aromatic carbocycles. The average molecular weight is 214 g/mol. The Morgan fingerprint density at radius 3 is 2.60 bits per heavy atom. The number of hydrogen-bond acceptors (Lipinski definition) is 2. The fourth-order valence-corrected chi connectivity index (χ4v) is 1.43. The summed E-state index contributed by atoms with van der Waals surface area (Å²) in [6.45, 7) is 4.14. The molecule has 0 saturated carbocycles. The third-order valence-corrected chi connectivity index (χ3v) is 2.31. The Bertz CT molecular complexity index is 328. The van der Waals surface area contributed by atoms with Gasteiger partial charge in [-0.3, -0.25) is 0 Å². The van der Waals surface area contributed by atoms with Crippen molar-refractivity contribution in [3.8, 4) is 0 Å². The maximum Gasteiger partial charge on any atom is 0.128 e. The monoisotopic (exact) mass is 214 g/mol.